The maximum atomic E-state index is 12.4. The lowest BCUT2D eigenvalue weighted by Gasteiger charge is -2.20. The number of rotatable bonds is 1. The van der Waals surface area contributed by atoms with Gasteiger partial charge in [-0.3, -0.25) is 4.79 Å². The van der Waals surface area contributed by atoms with Gasteiger partial charge in [-0.25, -0.2) is 4.79 Å². The van der Waals surface area contributed by atoms with Gasteiger partial charge in [0.05, 0.1) is 28.7 Å². The summed E-state index contributed by atoms with van der Waals surface area (Å²) in [6, 6.07) is 1.34. The Hall–Kier alpha value is -2.38. The van der Waals surface area contributed by atoms with Gasteiger partial charge in [-0.15, -0.1) is 0 Å². The molecular weight excluding hydrogens is 316 g/mol. The highest BCUT2D eigenvalue weighted by molar-refractivity contribution is 6.06. The van der Waals surface area contributed by atoms with Gasteiger partial charge in [0.25, 0.3) is 0 Å². The second-order valence-corrected chi connectivity index (χ2v) is 6.22. The molecule has 2 atom stereocenters. The number of hydrogen-bond donors (Lipinski definition) is 1. The molecule has 0 bridgehead atoms. The minimum Gasteiger partial charge on any atom is -0.496 e. The first kappa shape index (κ1) is 11.2. The number of carbonyl (C=O) groups excluding carboxylic acids is 1. The monoisotopic (exact) mass is 333 g/mol. The Bertz CT molecular complexity index is 1070. The molecule has 1 saturated heterocycles. The van der Waals surface area contributed by atoms with Gasteiger partial charge in [0, 0.05) is 18.9 Å². The summed E-state index contributed by atoms with van der Waals surface area (Å²) in [5.41, 5.74) is -1.88. The summed E-state index contributed by atoms with van der Waals surface area (Å²) in [5, 5.41) is 11.3. The van der Waals surface area contributed by atoms with Gasteiger partial charge in [0.1, 0.15) is 17.1 Å². The molecule has 3 aliphatic rings. The molecule has 5 rings (SSSR count). The fourth-order valence-electron chi connectivity index (χ4n) is 3.94. The smallest absolute Gasteiger partial charge is 0.347 e. The topological polar surface area (TPSA) is 95.2 Å². The van der Waals surface area contributed by atoms with Crippen molar-refractivity contribution in [2.45, 2.75) is 31.2 Å². The van der Waals surface area contributed by atoms with E-state index in [4.69, 9.17) is 22.7 Å². The Balaban J connectivity index is 1.90. The van der Waals surface area contributed by atoms with E-state index in [-0.39, 0.29) is 65.2 Å². The molecule has 1 N–H and O–H groups in total. The number of fused-ring (bicyclic) bond motifs is 7. The van der Waals surface area contributed by atoms with Gasteiger partial charge >= 0.3 is 5.63 Å². The molecule has 124 valence electrons. The average Bonchev–Trinajstić information content (AvgIpc) is 3.17. The third kappa shape index (κ3) is 1.49. The Morgan fingerprint density at radius 1 is 1.42 bits per heavy atom. The van der Waals surface area contributed by atoms with Crippen LogP contribution in [0.4, 0.5) is 0 Å². The molecular formula is C17H14O7. The predicted octanol–water partition coefficient (Wildman–Crippen LogP) is 1.26. The van der Waals surface area contributed by atoms with E-state index in [9.17, 15) is 14.7 Å². The third-order valence-corrected chi connectivity index (χ3v) is 5.01. The van der Waals surface area contributed by atoms with Crippen molar-refractivity contribution in [3.8, 4) is 11.5 Å². The summed E-state index contributed by atoms with van der Waals surface area (Å²) in [6.45, 7) is 0.253. The van der Waals surface area contributed by atoms with Gasteiger partial charge in [0.2, 0.25) is 6.29 Å². The van der Waals surface area contributed by atoms with Crippen LogP contribution < -0.4 is 15.1 Å². The fraction of sp³-hybridized carbons (Fsp3) is 0.412. The van der Waals surface area contributed by atoms with Crippen molar-refractivity contribution >= 4 is 16.8 Å². The van der Waals surface area contributed by atoms with Crippen molar-refractivity contribution in [1.29, 1.82) is 0 Å². The molecule has 7 heteroatoms. The van der Waals surface area contributed by atoms with Crippen LogP contribution in [0.25, 0.3) is 11.0 Å². The van der Waals surface area contributed by atoms with Crippen LogP contribution in [-0.4, -0.2) is 30.8 Å². The first-order valence-corrected chi connectivity index (χ1v) is 7.59. The minimum atomic E-state index is -2.77. The van der Waals surface area contributed by atoms with Crippen molar-refractivity contribution < 1.29 is 32.6 Å². The maximum Gasteiger partial charge on any atom is 0.347 e. The van der Waals surface area contributed by atoms with Crippen LogP contribution >= 0.6 is 0 Å². The second kappa shape index (κ2) is 4.37. The van der Waals surface area contributed by atoms with Crippen molar-refractivity contribution in [3.05, 3.63) is 33.2 Å². The molecule has 1 aromatic carbocycles. The number of hydrogen-bond acceptors (Lipinski definition) is 7. The molecule has 1 aromatic heterocycles. The van der Waals surface area contributed by atoms with Gasteiger partial charge in [-0.05, 0) is 12.0 Å². The summed E-state index contributed by atoms with van der Waals surface area (Å²) in [5.74, 6) is -0.332. The van der Waals surface area contributed by atoms with Crippen LogP contribution in [0.2, 0.25) is 0 Å². The molecule has 3 heterocycles. The normalized spacial score (nSPS) is 29.5. The molecule has 2 aromatic rings. The van der Waals surface area contributed by atoms with E-state index in [1.807, 2.05) is 0 Å². The molecule has 2 aliphatic heterocycles. The largest absolute Gasteiger partial charge is 0.496 e. The zero-order chi connectivity index (χ0) is 19.1. The minimum absolute atomic E-state index is 0.0271. The van der Waals surface area contributed by atoms with Gasteiger partial charge in [0.15, 0.2) is 17.0 Å². The Morgan fingerprint density at radius 3 is 3.12 bits per heavy atom. The molecule has 7 nitrogen and oxygen atoms in total. The van der Waals surface area contributed by atoms with Crippen LogP contribution in [0.1, 0.15) is 38.4 Å². The molecule has 1 aliphatic carbocycles. The molecule has 2 unspecified atom stereocenters. The molecule has 0 spiro atoms. The zero-order valence-electron chi connectivity index (χ0n) is 15.4. The second-order valence-electron chi connectivity index (χ2n) is 6.22. The van der Waals surface area contributed by atoms with Crippen LogP contribution in [0.15, 0.2) is 15.3 Å². The molecule has 0 saturated carbocycles. The number of aliphatic hydroxyl groups is 1. The van der Waals surface area contributed by atoms with Crippen molar-refractivity contribution in [1.82, 2.24) is 0 Å². The maximum absolute atomic E-state index is 12.4. The highest BCUT2D eigenvalue weighted by Crippen LogP contribution is 2.53. The number of aryl methyl sites for hydroxylation is 1. The van der Waals surface area contributed by atoms with E-state index in [1.54, 1.807) is 0 Å². The van der Waals surface area contributed by atoms with E-state index in [0.29, 0.717) is 5.56 Å². The zero-order valence-corrected chi connectivity index (χ0v) is 12.4. The number of ketones is 1. The predicted molar refractivity (Wildman–Crippen MR) is 80.6 cm³/mol. The Kier molecular flexibility index (Phi) is 2.04. The molecule has 0 radical (unpaired) electrons. The lowest BCUT2D eigenvalue weighted by atomic mass is 9.90. The highest BCUT2D eigenvalue weighted by Gasteiger charge is 2.55. The van der Waals surface area contributed by atoms with Crippen LogP contribution in [0.3, 0.4) is 0 Å². The number of ether oxygens (including phenoxy) is 3. The quantitative estimate of drug-likeness (QED) is 0.785. The van der Waals surface area contributed by atoms with E-state index in [1.165, 1.54) is 6.07 Å². The van der Waals surface area contributed by atoms with Crippen molar-refractivity contribution in [2.75, 3.05) is 13.6 Å². The Labute approximate surface area is 139 Å². The molecule has 24 heavy (non-hydrogen) atoms. The number of Topliss-reactive ketones (excluding diaryl/α,β-unsaturated/α-hetero) is 1. The van der Waals surface area contributed by atoms with E-state index in [0.717, 1.165) is 0 Å². The Morgan fingerprint density at radius 2 is 2.29 bits per heavy atom. The van der Waals surface area contributed by atoms with E-state index >= 15 is 0 Å². The number of benzene rings is 1. The van der Waals surface area contributed by atoms with Crippen molar-refractivity contribution in [3.63, 3.8) is 0 Å². The molecule has 0 amide bonds. The standard InChI is InChI=1S/C17H14O7/c1-21-9-6-10-13(17(20)4-5-22-16(17)23-10)14-12(9)7-2-3-8(18)11(7)15(19)24-14/h6,16,20H,2-5H2,1H3/i1D3. The SMILES string of the molecule is [2H]C([2H])([2H])Oc1cc2c(c3oc(=O)c4c(c13)CCC4=O)C1(O)CCOC1O2. The van der Waals surface area contributed by atoms with Crippen LogP contribution in [0.5, 0.6) is 11.5 Å². The lowest BCUT2D eigenvalue weighted by molar-refractivity contribution is -0.123. The first-order valence-electron chi connectivity index (χ1n) is 9.09. The summed E-state index contributed by atoms with van der Waals surface area (Å²) < 4.78 is 43.8. The summed E-state index contributed by atoms with van der Waals surface area (Å²) in [4.78, 5) is 24.5. The number of carbonyl (C=O) groups is 1. The van der Waals surface area contributed by atoms with E-state index in [2.05, 4.69) is 0 Å². The van der Waals surface area contributed by atoms with Gasteiger partial charge in [-0.2, -0.15) is 0 Å². The first-order chi connectivity index (χ1) is 12.7. The fourth-order valence-corrected chi connectivity index (χ4v) is 3.94. The lowest BCUT2D eigenvalue weighted by Crippen LogP contribution is -2.33. The van der Waals surface area contributed by atoms with Gasteiger partial charge < -0.3 is 23.7 Å². The van der Waals surface area contributed by atoms with E-state index < -0.39 is 24.6 Å². The van der Waals surface area contributed by atoms with Crippen LogP contribution in [-0.2, 0) is 16.8 Å². The number of methoxy groups -OCH3 is 1. The molecule has 1 fully saturated rings. The third-order valence-electron chi connectivity index (χ3n) is 5.01. The summed E-state index contributed by atoms with van der Waals surface area (Å²) in [6.07, 6.45) is -0.389. The van der Waals surface area contributed by atoms with Crippen molar-refractivity contribution in [2.24, 2.45) is 0 Å². The van der Waals surface area contributed by atoms with Crippen LogP contribution in [0, 0.1) is 0 Å². The summed E-state index contributed by atoms with van der Waals surface area (Å²) >= 11 is 0. The summed E-state index contributed by atoms with van der Waals surface area (Å²) in [7, 11) is -2.77. The van der Waals surface area contributed by atoms with Gasteiger partial charge in [-0.1, -0.05) is 0 Å². The highest BCUT2D eigenvalue weighted by atomic mass is 16.7. The average molecular weight is 333 g/mol.